The molecule has 0 aliphatic carbocycles. The maximum absolute atomic E-state index is 10.8. The molecule has 4 aromatic carbocycles. The lowest BCUT2D eigenvalue weighted by molar-refractivity contribution is 0.111. The zero-order valence-corrected chi connectivity index (χ0v) is 18.5. The Morgan fingerprint density at radius 2 is 1.12 bits per heavy atom. The predicted molar refractivity (Wildman–Crippen MR) is 130 cm³/mol. The van der Waals surface area contributed by atoms with Gasteiger partial charge in [-0.3, -0.25) is 9.59 Å². The number of aldehydes is 2. The fourth-order valence-electron chi connectivity index (χ4n) is 3.42. The molecule has 0 fully saturated rings. The lowest BCUT2D eigenvalue weighted by atomic mass is 10.0. The number of rotatable bonds is 7. The van der Waals surface area contributed by atoms with Crippen LogP contribution in [-0.2, 0) is 12.8 Å². The van der Waals surface area contributed by atoms with Crippen LogP contribution in [0.4, 0.5) is 0 Å². The summed E-state index contributed by atoms with van der Waals surface area (Å²) < 4.78 is 5.18. The van der Waals surface area contributed by atoms with Gasteiger partial charge in [-0.2, -0.15) is 0 Å². The Morgan fingerprint density at radius 1 is 0.636 bits per heavy atom. The van der Waals surface area contributed by atoms with Gasteiger partial charge in [-0.25, -0.2) is 0 Å². The van der Waals surface area contributed by atoms with E-state index in [1.165, 1.54) is 11.1 Å². The SMILES string of the molecule is COc1cc(Cc2ccccc2)ccc1C=O.O=Cc1ccc(Cc2ccccc2)cc1O. The lowest BCUT2D eigenvalue weighted by Crippen LogP contribution is -1.94. The molecule has 0 amide bonds. The highest BCUT2D eigenvalue weighted by Crippen LogP contribution is 2.21. The Balaban J connectivity index is 0.000000186. The quantitative estimate of drug-likeness (QED) is 0.365. The summed E-state index contributed by atoms with van der Waals surface area (Å²) in [5, 5.41) is 9.54. The Labute approximate surface area is 194 Å². The summed E-state index contributed by atoms with van der Waals surface area (Å²) in [6.07, 6.45) is 3.07. The fourth-order valence-corrected chi connectivity index (χ4v) is 3.42. The van der Waals surface area contributed by atoms with Crippen LogP contribution < -0.4 is 4.74 Å². The first kappa shape index (κ1) is 23.5. The Kier molecular flexibility index (Phi) is 8.55. The molecule has 4 nitrogen and oxygen atoms in total. The summed E-state index contributed by atoms with van der Waals surface area (Å²) in [5.41, 5.74) is 5.48. The van der Waals surface area contributed by atoms with Gasteiger partial charge in [0, 0.05) is 0 Å². The van der Waals surface area contributed by atoms with Crippen LogP contribution in [0.2, 0.25) is 0 Å². The summed E-state index contributed by atoms with van der Waals surface area (Å²) >= 11 is 0. The van der Waals surface area contributed by atoms with E-state index in [1.807, 2.05) is 66.7 Å². The van der Waals surface area contributed by atoms with Crippen molar-refractivity contribution in [2.24, 2.45) is 0 Å². The van der Waals surface area contributed by atoms with Crippen molar-refractivity contribution in [2.75, 3.05) is 7.11 Å². The van der Waals surface area contributed by atoms with Gasteiger partial charge in [-0.1, -0.05) is 72.8 Å². The van der Waals surface area contributed by atoms with E-state index in [0.717, 1.165) is 30.3 Å². The molecule has 0 heterocycles. The molecule has 0 aromatic heterocycles. The first-order valence-corrected chi connectivity index (χ1v) is 10.6. The van der Waals surface area contributed by atoms with Gasteiger partial charge >= 0.3 is 0 Å². The summed E-state index contributed by atoms with van der Waals surface area (Å²) in [4.78, 5) is 21.3. The van der Waals surface area contributed by atoms with Crippen LogP contribution in [-0.4, -0.2) is 24.8 Å². The second kappa shape index (κ2) is 12.0. The van der Waals surface area contributed by atoms with Gasteiger partial charge in [0.15, 0.2) is 12.6 Å². The molecule has 0 radical (unpaired) electrons. The van der Waals surface area contributed by atoms with Gasteiger partial charge in [-0.15, -0.1) is 0 Å². The van der Waals surface area contributed by atoms with Gasteiger partial charge in [0.1, 0.15) is 11.5 Å². The van der Waals surface area contributed by atoms with E-state index >= 15 is 0 Å². The zero-order valence-electron chi connectivity index (χ0n) is 18.5. The van der Waals surface area contributed by atoms with Crippen molar-refractivity contribution in [1.82, 2.24) is 0 Å². The van der Waals surface area contributed by atoms with Gasteiger partial charge in [0.05, 0.1) is 18.2 Å². The number of carbonyl (C=O) groups excluding carboxylic acids is 2. The molecule has 1 N–H and O–H groups in total. The second-order valence-electron chi connectivity index (χ2n) is 7.53. The van der Waals surface area contributed by atoms with Gasteiger partial charge in [0.25, 0.3) is 0 Å². The predicted octanol–water partition coefficient (Wildman–Crippen LogP) is 5.89. The lowest BCUT2D eigenvalue weighted by Gasteiger charge is -2.07. The largest absolute Gasteiger partial charge is 0.507 e. The van der Waals surface area contributed by atoms with Crippen molar-refractivity contribution in [3.05, 3.63) is 130 Å². The van der Waals surface area contributed by atoms with E-state index in [9.17, 15) is 14.7 Å². The molecule has 0 atom stereocenters. The number of aromatic hydroxyl groups is 1. The first-order chi connectivity index (χ1) is 16.1. The van der Waals surface area contributed by atoms with E-state index < -0.39 is 0 Å². The molecule has 0 aliphatic heterocycles. The van der Waals surface area contributed by atoms with Crippen LogP contribution in [0, 0.1) is 0 Å². The molecule has 33 heavy (non-hydrogen) atoms. The summed E-state index contributed by atoms with van der Waals surface area (Å²) in [5.74, 6) is 0.678. The normalized spacial score (nSPS) is 9.97. The molecular weight excluding hydrogens is 412 g/mol. The van der Waals surface area contributed by atoms with Crippen LogP contribution in [0.1, 0.15) is 43.0 Å². The Bertz CT molecular complexity index is 1180. The first-order valence-electron chi connectivity index (χ1n) is 10.6. The van der Waals surface area contributed by atoms with E-state index in [4.69, 9.17) is 4.74 Å². The minimum absolute atomic E-state index is 0.0448. The summed E-state index contributed by atoms with van der Waals surface area (Å²) in [6.45, 7) is 0. The molecule has 166 valence electrons. The van der Waals surface area contributed by atoms with Gasteiger partial charge < -0.3 is 9.84 Å². The van der Waals surface area contributed by atoms with E-state index in [2.05, 4.69) is 12.1 Å². The van der Waals surface area contributed by atoms with Crippen molar-refractivity contribution in [2.45, 2.75) is 12.8 Å². The Hall–Kier alpha value is -4.18. The number of methoxy groups -OCH3 is 1. The smallest absolute Gasteiger partial charge is 0.153 e. The number of phenols is 1. The number of hydrogen-bond acceptors (Lipinski definition) is 4. The second-order valence-corrected chi connectivity index (χ2v) is 7.53. The van der Waals surface area contributed by atoms with Crippen molar-refractivity contribution in [3.63, 3.8) is 0 Å². The zero-order chi connectivity index (χ0) is 23.5. The van der Waals surface area contributed by atoms with Crippen molar-refractivity contribution >= 4 is 12.6 Å². The number of carbonyl (C=O) groups is 2. The van der Waals surface area contributed by atoms with Crippen molar-refractivity contribution in [3.8, 4) is 11.5 Å². The van der Waals surface area contributed by atoms with Crippen LogP contribution in [0.25, 0.3) is 0 Å². The third-order valence-corrected chi connectivity index (χ3v) is 5.15. The number of hydrogen-bond donors (Lipinski definition) is 1. The van der Waals surface area contributed by atoms with E-state index in [1.54, 1.807) is 25.3 Å². The summed E-state index contributed by atoms with van der Waals surface area (Å²) in [6, 6.07) is 31.0. The van der Waals surface area contributed by atoms with Crippen LogP contribution in [0.5, 0.6) is 11.5 Å². The third kappa shape index (κ3) is 6.91. The highest BCUT2D eigenvalue weighted by Gasteiger charge is 2.04. The minimum Gasteiger partial charge on any atom is -0.507 e. The number of phenolic OH excluding ortho intramolecular Hbond substituents is 1. The monoisotopic (exact) mass is 438 g/mol. The average molecular weight is 439 g/mol. The molecule has 0 spiro atoms. The van der Waals surface area contributed by atoms with Crippen molar-refractivity contribution in [1.29, 1.82) is 0 Å². The molecular formula is C29H26O4. The third-order valence-electron chi connectivity index (χ3n) is 5.15. The highest BCUT2D eigenvalue weighted by atomic mass is 16.5. The molecule has 4 rings (SSSR count). The molecule has 0 saturated heterocycles. The van der Waals surface area contributed by atoms with E-state index in [-0.39, 0.29) is 5.75 Å². The van der Waals surface area contributed by atoms with Gasteiger partial charge in [0.2, 0.25) is 0 Å². The van der Waals surface area contributed by atoms with Crippen LogP contribution in [0.15, 0.2) is 97.1 Å². The molecule has 4 aromatic rings. The fraction of sp³-hybridized carbons (Fsp3) is 0.103. The molecule has 0 bridgehead atoms. The molecule has 0 aliphatic rings. The van der Waals surface area contributed by atoms with Crippen LogP contribution in [0.3, 0.4) is 0 Å². The van der Waals surface area contributed by atoms with Crippen molar-refractivity contribution < 1.29 is 19.4 Å². The number of ether oxygens (including phenoxy) is 1. The number of benzene rings is 4. The highest BCUT2D eigenvalue weighted by molar-refractivity contribution is 5.79. The standard InChI is InChI=1S/C15H14O2.C14H12O2/c1-17-15-10-13(7-8-14(15)11-16)9-12-5-3-2-4-6-12;15-10-13-7-6-12(9-14(13)16)8-11-4-2-1-3-5-11/h2-8,10-11H,9H2,1H3;1-7,9-10,16H,8H2. The molecule has 4 heteroatoms. The summed E-state index contributed by atoms with van der Waals surface area (Å²) in [7, 11) is 1.58. The van der Waals surface area contributed by atoms with Crippen LogP contribution >= 0.6 is 0 Å². The molecule has 0 saturated carbocycles. The minimum atomic E-state index is 0.0448. The maximum Gasteiger partial charge on any atom is 0.153 e. The molecule has 0 unspecified atom stereocenters. The van der Waals surface area contributed by atoms with Gasteiger partial charge in [-0.05, 0) is 59.4 Å². The Morgan fingerprint density at radius 3 is 1.58 bits per heavy atom. The average Bonchev–Trinajstić information content (AvgIpc) is 2.86. The maximum atomic E-state index is 10.8. The van der Waals surface area contributed by atoms with E-state index in [0.29, 0.717) is 23.2 Å². The topological polar surface area (TPSA) is 63.6 Å².